The number of anilines is 1. The fourth-order valence-electron chi connectivity index (χ4n) is 3.59. The summed E-state index contributed by atoms with van der Waals surface area (Å²) < 4.78 is 15.5. The highest BCUT2D eigenvalue weighted by Gasteiger charge is 2.22. The Hall–Kier alpha value is -2.87. The van der Waals surface area contributed by atoms with Gasteiger partial charge < -0.3 is 9.88 Å². The summed E-state index contributed by atoms with van der Waals surface area (Å²) in [7, 11) is 0. The molecule has 0 fully saturated rings. The maximum atomic E-state index is 13.3. The summed E-state index contributed by atoms with van der Waals surface area (Å²) in [4.78, 5) is 9.77. The topological polar surface area (TPSA) is 68.5 Å². The molecule has 0 unspecified atom stereocenters. The molecule has 5 rings (SSSR count). The van der Waals surface area contributed by atoms with Crippen LogP contribution in [0.5, 0.6) is 0 Å². The molecular weight excluding hydrogens is 363 g/mol. The van der Waals surface area contributed by atoms with Crippen molar-refractivity contribution >= 4 is 27.4 Å². The van der Waals surface area contributed by atoms with Gasteiger partial charge in [-0.2, -0.15) is 0 Å². The molecular formula is C19H17FN6S. The fourth-order valence-corrected chi connectivity index (χ4v) is 4.51. The predicted octanol–water partition coefficient (Wildman–Crippen LogP) is 4.21. The van der Waals surface area contributed by atoms with Crippen molar-refractivity contribution in [3.05, 3.63) is 53.4 Å². The lowest BCUT2D eigenvalue weighted by atomic mass is 10.1. The van der Waals surface area contributed by atoms with E-state index in [1.807, 2.05) is 5.38 Å². The van der Waals surface area contributed by atoms with Gasteiger partial charge in [0.25, 0.3) is 0 Å². The van der Waals surface area contributed by atoms with Crippen molar-refractivity contribution in [3.63, 3.8) is 0 Å². The first-order valence-corrected chi connectivity index (χ1v) is 9.75. The van der Waals surface area contributed by atoms with E-state index in [0.717, 1.165) is 58.2 Å². The molecule has 6 nitrogen and oxygen atoms in total. The van der Waals surface area contributed by atoms with Crippen molar-refractivity contribution in [1.82, 2.24) is 24.7 Å². The lowest BCUT2D eigenvalue weighted by molar-refractivity contribution is 0.628. The number of aromatic nitrogens is 5. The van der Waals surface area contributed by atoms with Crippen molar-refractivity contribution in [2.45, 2.75) is 32.4 Å². The summed E-state index contributed by atoms with van der Waals surface area (Å²) in [6.07, 6.45) is 3.66. The summed E-state index contributed by atoms with van der Waals surface area (Å²) >= 11 is 1.55. The maximum absolute atomic E-state index is 13.3. The molecule has 1 aliphatic heterocycles. The molecule has 3 aromatic heterocycles. The number of nitrogens with one attached hydrogen (secondary N) is 1. The summed E-state index contributed by atoms with van der Waals surface area (Å²) in [5.41, 5.74) is 1.94. The van der Waals surface area contributed by atoms with E-state index >= 15 is 0 Å². The van der Waals surface area contributed by atoms with E-state index in [1.54, 1.807) is 29.8 Å². The molecule has 136 valence electrons. The fraction of sp³-hybridized carbons (Fsp3) is 0.263. The van der Waals surface area contributed by atoms with E-state index in [1.165, 1.54) is 12.1 Å². The number of halogens is 1. The maximum Gasteiger partial charge on any atom is 0.155 e. The number of aryl methyl sites for hydroxylation is 1. The highest BCUT2D eigenvalue weighted by Crippen LogP contribution is 2.37. The number of thiophene rings is 1. The van der Waals surface area contributed by atoms with E-state index in [4.69, 9.17) is 0 Å². The van der Waals surface area contributed by atoms with Crippen LogP contribution in [0.25, 0.3) is 21.3 Å². The Bertz CT molecular complexity index is 1120. The molecule has 1 aliphatic rings. The van der Waals surface area contributed by atoms with E-state index in [2.05, 4.69) is 37.0 Å². The third-order valence-corrected chi connectivity index (χ3v) is 5.79. The van der Waals surface area contributed by atoms with Gasteiger partial charge in [-0.25, -0.2) is 14.4 Å². The zero-order chi connectivity index (χ0) is 18.4. The Morgan fingerprint density at radius 2 is 2.04 bits per heavy atom. The summed E-state index contributed by atoms with van der Waals surface area (Å²) in [5.74, 6) is 2.48. The van der Waals surface area contributed by atoms with Crippen LogP contribution >= 0.6 is 11.3 Å². The van der Waals surface area contributed by atoms with Crippen LogP contribution in [0, 0.1) is 5.82 Å². The van der Waals surface area contributed by atoms with Gasteiger partial charge in [0.1, 0.15) is 28.6 Å². The van der Waals surface area contributed by atoms with E-state index in [0.29, 0.717) is 0 Å². The zero-order valence-electron chi connectivity index (χ0n) is 14.7. The van der Waals surface area contributed by atoms with Gasteiger partial charge in [0.05, 0.1) is 11.4 Å². The number of fused-ring (bicyclic) bond motifs is 2. The molecule has 1 atom stereocenters. The van der Waals surface area contributed by atoms with Crippen LogP contribution in [0.4, 0.5) is 10.2 Å². The Kier molecular flexibility index (Phi) is 3.86. The minimum atomic E-state index is -0.248. The molecule has 4 aromatic rings. The van der Waals surface area contributed by atoms with Crippen molar-refractivity contribution in [3.8, 4) is 11.1 Å². The molecule has 0 aliphatic carbocycles. The van der Waals surface area contributed by atoms with Crippen molar-refractivity contribution in [2.24, 2.45) is 0 Å². The van der Waals surface area contributed by atoms with E-state index < -0.39 is 0 Å². The average molecular weight is 380 g/mol. The molecule has 0 radical (unpaired) electrons. The van der Waals surface area contributed by atoms with E-state index in [-0.39, 0.29) is 11.9 Å². The monoisotopic (exact) mass is 380 g/mol. The summed E-state index contributed by atoms with van der Waals surface area (Å²) in [6.45, 7) is 3.02. The lowest BCUT2D eigenvalue weighted by Gasteiger charge is -2.15. The largest absolute Gasteiger partial charge is 0.360 e. The molecule has 0 saturated carbocycles. The van der Waals surface area contributed by atoms with Crippen LogP contribution in [-0.4, -0.2) is 24.7 Å². The standard InChI is InChI=1S/C19H17FN6S/c1-11(18-25-24-15-3-2-8-26(15)18)23-17-16-14(9-27-19(16)22-10-21-17)12-4-6-13(20)7-5-12/h4-7,9-11H,2-3,8H2,1H3,(H,21,22,23)/t11-/m0/s1. The van der Waals surface area contributed by atoms with Gasteiger partial charge in [-0.1, -0.05) is 12.1 Å². The summed E-state index contributed by atoms with van der Waals surface area (Å²) in [5, 5.41) is 15.1. The Morgan fingerprint density at radius 1 is 1.19 bits per heavy atom. The second-order valence-corrected chi connectivity index (χ2v) is 7.51. The molecule has 4 heterocycles. The van der Waals surface area contributed by atoms with Crippen molar-refractivity contribution in [2.75, 3.05) is 5.32 Å². The van der Waals surface area contributed by atoms with Gasteiger partial charge in [-0.3, -0.25) is 0 Å². The van der Waals surface area contributed by atoms with Gasteiger partial charge in [-0.05, 0) is 31.0 Å². The number of hydrogen-bond donors (Lipinski definition) is 1. The van der Waals surface area contributed by atoms with E-state index in [9.17, 15) is 4.39 Å². The summed E-state index contributed by atoms with van der Waals surface area (Å²) in [6, 6.07) is 6.46. The second-order valence-electron chi connectivity index (χ2n) is 6.65. The molecule has 0 amide bonds. The highest BCUT2D eigenvalue weighted by molar-refractivity contribution is 7.17. The third kappa shape index (κ3) is 2.76. The molecule has 1 N–H and O–H groups in total. The lowest BCUT2D eigenvalue weighted by Crippen LogP contribution is -2.14. The normalized spacial score (nSPS) is 14.4. The van der Waals surface area contributed by atoms with Crippen LogP contribution in [0.1, 0.15) is 31.0 Å². The van der Waals surface area contributed by atoms with Crippen molar-refractivity contribution < 1.29 is 4.39 Å². The Balaban J connectivity index is 1.55. The molecule has 1 aromatic carbocycles. The number of hydrogen-bond acceptors (Lipinski definition) is 6. The number of rotatable bonds is 4. The van der Waals surface area contributed by atoms with Crippen LogP contribution in [0.15, 0.2) is 36.0 Å². The second kappa shape index (κ2) is 6.38. The molecule has 0 spiro atoms. The van der Waals surface area contributed by atoms with Gasteiger partial charge in [0, 0.05) is 23.9 Å². The first-order valence-electron chi connectivity index (χ1n) is 8.87. The molecule has 0 bridgehead atoms. The molecule has 0 saturated heterocycles. The first-order chi connectivity index (χ1) is 13.2. The van der Waals surface area contributed by atoms with Crippen molar-refractivity contribution in [1.29, 1.82) is 0 Å². The number of nitrogens with zero attached hydrogens (tertiary/aromatic N) is 5. The molecule has 27 heavy (non-hydrogen) atoms. The van der Waals surface area contributed by atoms with Gasteiger partial charge in [0.15, 0.2) is 5.82 Å². The van der Waals surface area contributed by atoms with Crippen LogP contribution < -0.4 is 5.32 Å². The first kappa shape index (κ1) is 16.3. The zero-order valence-corrected chi connectivity index (χ0v) is 15.5. The smallest absolute Gasteiger partial charge is 0.155 e. The van der Waals surface area contributed by atoms with Crippen LogP contribution in [0.3, 0.4) is 0 Å². The molecule has 8 heteroatoms. The van der Waals surface area contributed by atoms with Crippen LogP contribution in [0.2, 0.25) is 0 Å². The van der Waals surface area contributed by atoms with Gasteiger partial charge in [-0.15, -0.1) is 21.5 Å². The van der Waals surface area contributed by atoms with Gasteiger partial charge in [0.2, 0.25) is 0 Å². The SMILES string of the molecule is C[C@H](Nc1ncnc2scc(-c3ccc(F)cc3)c12)c1nnc2n1CCC2. The van der Waals surface area contributed by atoms with Gasteiger partial charge >= 0.3 is 0 Å². The third-order valence-electron chi connectivity index (χ3n) is 4.90. The van der Waals surface area contributed by atoms with Crippen LogP contribution in [-0.2, 0) is 13.0 Å². The minimum absolute atomic E-state index is 0.0385. The predicted molar refractivity (Wildman–Crippen MR) is 103 cm³/mol. The highest BCUT2D eigenvalue weighted by atomic mass is 32.1. The quantitative estimate of drug-likeness (QED) is 0.574. The Labute approximate surface area is 159 Å². The average Bonchev–Trinajstić information content (AvgIpc) is 3.38. The number of benzene rings is 1. The minimum Gasteiger partial charge on any atom is -0.360 e. The Morgan fingerprint density at radius 3 is 2.89 bits per heavy atom.